The molecule has 1 saturated carbocycles. The van der Waals surface area contributed by atoms with Crippen molar-refractivity contribution in [3.05, 3.63) is 11.7 Å². The second kappa shape index (κ2) is 4.87. The predicted octanol–water partition coefficient (Wildman–Crippen LogP) is 2.13. The maximum Gasteiger partial charge on any atom is 0.234 e. The van der Waals surface area contributed by atoms with E-state index >= 15 is 0 Å². The number of aromatic nitrogens is 2. The van der Waals surface area contributed by atoms with Crippen molar-refractivity contribution in [1.29, 1.82) is 0 Å². The van der Waals surface area contributed by atoms with Gasteiger partial charge in [-0.15, -0.1) is 0 Å². The summed E-state index contributed by atoms with van der Waals surface area (Å²) in [6.07, 6.45) is 6.67. The largest absolute Gasteiger partial charge is 0.370 e. The summed E-state index contributed by atoms with van der Waals surface area (Å²) in [6, 6.07) is 0. The highest BCUT2D eigenvalue weighted by atomic mass is 16.5. The molecule has 106 valence electrons. The molecule has 1 aliphatic heterocycles. The molecular weight excluding hydrogens is 242 g/mol. The maximum atomic E-state index is 5.77. The number of nitrogens with zero attached hydrogens (tertiary/aromatic N) is 2. The van der Waals surface area contributed by atoms with Gasteiger partial charge in [-0.1, -0.05) is 24.4 Å². The Kier molecular flexibility index (Phi) is 3.35. The smallest absolute Gasteiger partial charge is 0.234 e. The van der Waals surface area contributed by atoms with E-state index in [1.807, 2.05) is 0 Å². The minimum absolute atomic E-state index is 0.0190. The molecule has 0 radical (unpaired) electrons. The zero-order valence-electron chi connectivity index (χ0n) is 11.9. The van der Waals surface area contributed by atoms with E-state index in [4.69, 9.17) is 9.26 Å². The van der Waals surface area contributed by atoms with E-state index in [9.17, 15) is 0 Å². The zero-order valence-corrected chi connectivity index (χ0v) is 11.9. The van der Waals surface area contributed by atoms with Crippen molar-refractivity contribution < 1.29 is 9.26 Å². The van der Waals surface area contributed by atoms with Crippen LogP contribution in [0.25, 0.3) is 0 Å². The molecule has 1 unspecified atom stereocenters. The molecule has 2 heterocycles. The van der Waals surface area contributed by atoms with Crippen LogP contribution < -0.4 is 5.32 Å². The molecule has 3 rings (SSSR count). The third kappa shape index (κ3) is 2.19. The van der Waals surface area contributed by atoms with Gasteiger partial charge in [-0.25, -0.2) is 0 Å². The second-order valence-corrected chi connectivity index (χ2v) is 6.17. The van der Waals surface area contributed by atoms with Crippen LogP contribution in [0.3, 0.4) is 0 Å². The Morgan fingerprint density at radius 3 is 2.63 bits per heavy atom. The van der Waals surface area contributed by atoms with E-state index in [0.29, 0.717) is 0 Å². The molecule has 2 aliphatic rings. The molecule has 19 heavy (non-hydrogen) atoms. The molecule has 0 spiro atoms. The van der Waals surface area contributed by atoms with Crippen LogP contribution in [0, 0.1) is 0 Å². The van der Waals surface area contributed by atoms with Crippen LogP contribution in [0.1, 0.15) is 57.2 Å². The average molecular weight is 265 g/mol. The lowest BCUT2D eigenvalue weighted by Crippen LogP contribution is -2.33. The lowest BCUT2D eigenvalue weighted by Gasteiger charge is -2.32. The van der Waals surface area contributed by atoms with E-state index in [1.54, 1.807) is 7.11 Å². The summed E-state index contributed by atoms with van der Waals surface area (Å²) < 4.78 is 11.3. The van der Waals surface area contributed by atoms with E-state index in [1.165, 1.54) is 19.3 Å². The third-order valence-corrected chi connectivity index (χ3v) is 4.77. The average Bonchev–Trinajstić information content (AvgIpc) is 3.09. The first-order chi connectivity index (χ1) is 9.19. The first-order valence-corrected chi connectivity index (χ1v) is 7.29. The predicted molar refractivity (Wildman–Crippen MR) is 70.9 cm³/mol. The fourth-order valence-corrected chi connectivity index (χ4v) is 3.30. The van der Waals surface area contributed by atoms with Crippen molar-refractivity contribution in [2.24, 2.45) is 0 Å². The van der Waals surface area contributed by atoms with Crippen molar-refractivity contribution in [2.45, 2.75) is 56.5 Å². The van der Waals surface area contributed by atoms with Crippen LogP contribution in [0.2, 0.25) is 0 Å². The molecule has 1 N–H and O–H groups in total. The summed E-state index contributed by atoms with van der Waals surface area (Å²) in [5.41, 5.74) is -0.336. The van der Waals surface area contributed by atoms with Gasteiger partial charge >= 0.3 is 0 Å². The zero-order chi connectivity index (χ0) is 13.3. The molecule has 1 aromatic heterocycles. The van der Waals surface area contributed by atoms with E-state index < -0.39 is 0 Å². The maximum absolute atomic E-state index is 5.77. The fraction of sp³-hybridized carbons (Fsp3) is 0.857. The summed E-state index contributed by atoms with van der Waals surface area (Å²) >= 11 is 0. The highest BCUT2D eigenvalue weighted by molar-refractivity contribution is 5.11. The van der Waals surface area contributed by atoms with Gasteiger partial charge in [-0.05, 0) is 32.7 Å². The first kappa shape index (κ1) is 13.1. The standard InChI is InChI=1S/C14H23N3O2/c1-13(8-9-15-10-13)12-16-11(17-19-12)14(18-2)6-4-3-5-7-14/h15H,3-10H2,1-2H3. The number of methoxy groups -OCH3 is 1. The van der Waals surface area contributed by atoms with Gasteiger partial charge in [0.1, 0.15) is 5.60 Å². The van der Waals surface area contributed by atoms with Gasteiger partial charge < -0.3 is 14.6 Å². The monoisotopic (exact) mass is 265 g/mol. The van der Waals surface area contributed by atoms with E-state index in [0.717, 1.165) is 44.1 Å². The fourth-order valence-electron chi connectivity index (χ4n) is 3.30. The van der Waals surface area contributed by atoms with Gasteiger partial charge in [0, 0.05) is 13.7 Å². The van der Waals surface area contributed by atoms with Gasteiger partial charge in [0.25, 0.3) is 0 Å². The number of nitrogens with one attached hydrogen (secondary N) is 1. The van der Waals surface area contributed by atoms with Crippen molar-refractivity contribution in [3.8, 4) is 0 Å². The topological polar surface area (TPSA) is 60.2 Å². The lowest BCUT2D eigenvalue weighted by molar-refractivity contribution is -0.0527. The van der Waals surface area contributed by atoms with Crippen LogP contribution in [0.4, 0.5) is 0 Å². The Bertz CT molecular complexity index is 432. The minimum Gasteiger partial charge on any atom is -0.370 e. The van der Waals surface area contributed by atoms with Crippen LogP contribution in [0.15, 0.2) is 4.52 Å². The Labute approximate surface area is 114 Å². The van der Waals surface area contributed by atoms with E-state index in [2.05, 4.69) is 22.4 Å². The Balaban J connectivity index is 1.87. The molecule has 1 aromatic rings. The number of ether oxygens (including phenoxy) is 1. The Hall–Kier alpha value is -0.940. The van der Waals surface area contributed by atoms with Gasteiger partial charge in [0.05, 0.1) is 5.41 Å². The van der Waals surface area contributed by atoms with Crippen LogP contribution >= 0.6 is 0 Å². The number of hydrogen-bond donors (Lipinski definition) is 1. The molecule has 1 atom stereocenters. The highest BCUT2D eigenvalue weighted by Crippen LogP contribution is 2.39. The molecule has 0 bridgehead atoms. The molecule has 1 aliphatic carbocycles. The van der Waals surface area contributed by atoms with Gasteiger partial charge in [-0.2, -0.15) is 4.98 Å². The van der Waals surface area contributed by atoms with E-state index in [-0.39, 0.29) is 11.0 Å². The molecule has 1 saturated heterocycles. The van der Waals surface area contributed by atoms with Crippen LogP contribution in [0.5, 0.6) is 0 Å². The number of rotatable bonds is 3. The molecule has 2 fully saturated rings. The Morgan fingerprint density at radius 1 is 1.21 bits per heavy atom. The van der Waals surface area contributed by atoms with Crippen molar-refractivity contribution >= 4 is 0 Å². The SMILES string of the molecule is COC1(c2noc(C3(C)CCNC3)n2)CCCCC1. The number of hydrogen-bond acceptors (Lipinski definition) is 5. The molecular formula is C14H23N3O2. The Morgan fingerprint density at radius 2 is 2.00 bits per heavy atom. The quantitative estimate of drug-likeness (QED) is 0.907. The van der Waals surface area contributed by atoms with Crippen molar-refractivity contribution in [3.63, 3.8) is 0 Å². The summed E-state index contributed by atoms with van der Waals surface area (Å²) in [7, 11) is 1.76. The normalized spacial score (nSPS) is 30.6. The van der Waals surface area contributed by atoms with Crippen LogP contribution in [-0.2, 0) is 15.8 Å². The highest BCUT2D eigenvalue weighted by Gasteiger charge is 2.42. The van der Waals surface area contributed by atoms with Gasteiger partial charge in [0.2, 0.25) is 11.7 Å². The summed E-state index contributed by atoms with van der Waals surface area (Å²) in [5, 5.41) is 7.60. The van der Waals surface area contributed by atoms with Crippen molar-refractivity contribution in [2.75, 3.05) is 20.2 Å². The lowest BCUT2D eigenvalue weighted by atomic mass is 9.84. The molecule has 5 nitrogen and oxygen atoms in total. The molecule has 0 amide bonds. The summed E-state index contributed by atoms with van der Waals surface area (Å²) in [6.45, 7) is 4.11. The summed E-state index contributed by atoms with van der Waals surface area (Å²) in [4.78, 5) is 4.69. The molecule has 0 aromatic carbocycles. The van der Waals surface area contributed by atoms with Gasteiger partial charge in [0.15, 0.2) is 0 Å². The van der Waals surface area contributed by atoms with Crippen LogP contribution in [-0.4, -0.2) is 30.3 Å². The van der Waals surface area contributed by atoms with Gasteiger partial charge in [-0.3, -0.25) is 0 Å². The third-order valence-electron chi connectivity index (χ3n) is 4.77. The first-order valence-electron chi connectivity index (χ1n) is 7.29. The molecule has 5 heteroatoms. The summed E-state index contributed by atoms with van der Waals surface area (Å²) in [5.74, 6) is 1.51. The second-order valence-electron chi connectivity index (χ2n) is 6.17. The van der Waals surface area contributed by atoms with Crippen molar-refractivity contribution in [1.82, 2.24) is 15.5 Å². The minimum atomic E-state index is -0.317.